The molecule has 0 spiro atoms. The Morgan fingerprint density at radius 2 is 2.04 bits per heavy atom. The van der Waals surface area contributed by atoms with E-state index in [1.807, 2.05) is 32.3 Å². The molecular formula is C21H30N6O. The Bertz CT molecular complexity index is 866. The monoisotopic (exact) mass is 382 g/mol. The molecule has 1 aliphatic heterocycles. The molecule has 0 bridgehead atoms. The molecule has 7 nitrogen and oxygen atoms in total. The van der Waals surface area contributed by atoms with Gasteiger partial charge in [0.1, 0.15) is 5.82 Å². The van der Waals surface area contributed by atoms with Crippen molar-refractivity contribution in [2.45, 2.75) is 46.2 Å². The molecule has 2 atom stereocenters. The average Bonchev–Trinajstić information content (AvgIpc) is 3.11. The first-order chi connectivity index (χ1) is 13.3. The first-order valence-electron chi connectivity index (χ1n) is 9.76. The minimum atomic E-state index is -0.168. The molecule has 1 N–H and O–H groups in total. The first kappa shape index (κ1) is 20.2. The van der Waals surface area contributed by atoms with E-state index in [0.717, 1.165) is 36.6 Å². The summed E-state index contributed by atoms with van der Waals surface area (Å²) in [6.45, 7) is 10.0. The van der Waals surface area contributed by atoms with Crippen molar-refractivity contribution in [1.29, 1.82) is 0 Å². The quantitative estimate of drug-likeness (QED) is 0.856. The van der Waals surface area contributed by atoms with E-state index in [0.29, 0.717) is 6.04 Å². The number of rotatable bonds is 5. The van der Waals surface area contributed by atoms with Gasteiger partial charge in [0.2, 0.25) is 5.82 Å². The molecule has 1 aliphatic rings. The third kappa shape index (κ3) is 4.14. The number of nitrogens with one attached hydrogen (secondary N) is 1. The summed E-state index contributed by atoms with van der Waals surface area (Å²) >= 11 is 0. The molecule has 28 heavy (non-hydrogen) atoms. The molecule has 150 valence electrons. The van der Waals surface area contributed by atoms with E-state index in [2.05, 4.69) is 39.0 Å². The van der Waals surface area contributed by atoms with E-state index in [1.54, 1.807) is 14.1 Å². The third-order valence-corrected chi connectivity index (χ3v) is 5.48. The van der Waals surface area contributed by atoms with Gasteiger partial charge in [0, 0.05) is 62.9 Å². The van der Waals surface area contributed by atoms with Crippen molar-refractivity contribution in [3.8, 4) is 0 Å². The number of aromatic nitrogens is 3. The summed E-state index contributed by atoms with van der Waals surface area (Å²) < 4.78 is 0. The van der Waals surface area contributed by atoms with Gasteiger partial charge in [-0.3, -0.25) is 9.78 Å². The van der Waals surface area contributed by atoms with Crippen molar-refractivity contribution in [3.63, 3.8) is 0 Å². The number of carbonyl (C=O) groups is 1. The number of carbonyl (C=O) groups excluding carboxylic acids is 1. The van der Waals surface area contributed by atoms with E-state index in [4.69, 9.17) is 0 Å². The van der Waals surface area contributed by atoms with Gasteiger partial charge in [0.25, 0.3) is 5.91 Å². The fraction of sp³-hybridized carbons (Fsp3) is 0.524. The zero-order valence-corrected chi connectivity index (χ0v) is 17.7. The summed E-state index contributed by atoms with van der Waals surface area (Å²) in [5.41, 5.74) is 4.37. The van der Waals surface area contributed by atoms with E-state index >= 15 is 0 Å². The molecule has 1 unspecified atom stereocenters. The van der Waals surface area contributed by atoms with Gasteiger partial charge in [0.05, 0.1) is 0 Å². The minimum Gasteiger partial charge on any atom is -0.355 e. The molecule has 1 amide bonds. The summed E-state index contributed by atoms with van der Waals surface area (Å²) in [5.74, 6) is 0.963. The van der Waals surface area contributed by atoms with Crippen LogP contribution in [0.5, 0.6) is 0 Å². The molecular weight excluding hydrogens is 352 g/mol. The largest absolute Gasteiger partial charge is 0.355 e. The van der Waals surface area contributed by atoms with Crippen LogP contribution in [-0.2, 0) is 0 Å². The van der Waals surface area contributed by atoms with Gasteiger partial charge in [0.15, 0.2) is 0 Å². The first-order valence-corrected chi connectivity index (χ1v) is 9.76. The lowest BCUT2D eigenvalue weighted by molar-refractivity contribution is 0.0815. The topological polar surface area (TPSA) is 74.2 Å². The second-order valence-corrected chi connectivity index (χ2v) is 7.83. The lowest BCUT2D eigenvalue weighted by Crippen LogP contribution is -2.35. The Hall–Kier alpha value is -2.54. The zero-order chi connectivity index (χ0) is 20.4. The molecule has 0 aromatic carbocycles. The fourth-order valence-corrected chi connectivity index (χ4v) is 3.68. The van der Waals surface area contributed by atoms with Crippen LogP contribution in [0.25, 0.3) is 0 Å². The molecule has 1 fully saturated rings. The summed E-state index contributed by atoms with van der Waals surface area (Å²) in [7, 11) is 3.44. The molecule has 3 heterocycles. The van der Waals surface area contributed by atoms with Crippen molar-refractivity contribution in [2.75, 3.05) is 32.1 Å². The fourth-order valence-electron chi connectivity index (χ4n) is 3.68. The van der Waals surface area contributed by atoms with Crippen molar-refractivity contribution >= 4 is 11.7 Å². The van der Waals surface area contributed by atoms with Gasteiger partial charge in [-0.1, -0.05) is 0 Å². The number of hydrogen-bond acceptors (Lipinski definition) is 6. The maximum absolute atomic E-state index is 12.3. The number of hydrogen-bond donors (Lipinski definition) is 1. The van der Waals surface area contributed by atoms with E-state index in [-0.39, 0.29) is 17.8 Å². The van der Waals surface area contributed by atoms with Gasteiger partial charge < -0.3 is 15.1 Å². The van der Waals surface area contributed by atoms with Crippen molar-refractivity contribution in [3.05, 3.63) is 46.7 Å². The van der Waals surface area contributed by atoms with Crippen LogP contribution in [0.4, 0.5) is 5.82 Å². The van der Waals surface area contributed by atoms with Crippen LogP contribution in [0, 0.1) is 20.8 Å². The summed E-state index contributed by atoms with van der Waals surface area (Å²) in [6, 6.07) is 2.64. The SMILES string of the molecule is Cc1ccncc1C(C)N[C@@H]1CCN(c2nc(C(=O)N(C)C)nc(C)c2C)C1. The zero-order valence-electron chi connectivity index (χ0n) is 17.7. The smallest absolute Gasteiger partial charge is 0.291 e. The summed E-state index contributed by atoms with van der Waals surface area (Å²) in [6.07, 6.45) is 4.80. The maximum Gasteiger partial charge on any atom is 0.291 e. The van der Waals surface area contributed by atoms with Crippen LogP contribution in [0.15, 0.2) is 18.5 Å². The predicted octanol–water partition coefficient (Wildman–Crippen LogP) is 2.43. The van der Waals surface area contributed by atoms with Gasteiger partial charge >= 0.3 is 0 Å². The molecule has 7 heteroatoms. The number of aryl methyl sites for hydroxylation is 2. The van der Waals surface area contributed by atoms with Gasteiger partial charge in [-0.2, -0.15) is 0 Å². The van der Waals surface area contributed by atoms with Crippen LogP contribution in [0.1, 0.15) is 52.4 Å². The van der Waals surface area contributed by atoms with Crippen LogP contribution in [-0.4, -0.2) is 59.0 Å². The minimum absolute atomic E-state index is 0.168. The Labute approximate surface area is 167 Å². The van der Waals surface area contributed by atoms with Crippen LogP contribution in [0.2, 0.25) is 0 Å². The summed E-state index contributed by atoms with van der Waals surface area (Å²) in [4.78, 5) is 29.4. The van der Waals surface area contributed by atoms with Gasteiger partial charge in [-0.15, -0.1) is 0 Å². The predicted molar refractivity (Wildman–Crippen MR) is 111 cm³/mol. The second-order valence-electron chi connectivity index (χ2n) is 7.83. The van der Waals surface area contributed by atoms with Crippen molar-refractivity contribution < 1.29 is 4.79 Å². The number of amides is 1. The number of nitrogens with zero attached hydrogens (tertiary/aromatic N) is 5. The van der Waals surface area contributed by atoms with E-state index < -0.39 is 0 Å². The number of anilines is 1. The van der Waals surface area contributed by atoms with Crippen molar-refractivity contribution in [1.82, 2.24) is 25.2 Å². The third-order valence-electron chi connectivity index (χ3n) is 5.48. The summed E-state index contributed by atoms with van der Waals surface area (Å²) in [5, 5.41) is 3.73. The van der Waals surface area contributed by atoms with Crippen LogP contribution < -0.4 is 10.2 Å². The standard InChI is InChI=1S/C21H30N6O/c1-13-7-9-22-11-18(13)16(4)23-17-8-10-27(12-17)20-14(2)15(3)24-19(25-20)21(28)26(5)6/h7,9,11,16-17,23H,8,10,12H2,1-6H3/t16?,17-/m1/s1. The van der Waals surface area contributed by atoms with Gasteiger partial charge in [-0.05, 0) is 51.3 Å². The van der Waals surface area contributed by atoms with E-state index in [9.17, 15) is 4.79 Å². The highest BCUT2D eigenvalue weighted by molar-refractivity contribution is 5.90. The Balaban J connectivity index is 1.75. The molecule has 0 aliphatic carbocycles. The molecule has 2 aromatic rings. The highest BCUT2D eigenvalue weighted by Gasteiger charge is 2.28. The van der Waals surface area contributed by atoms with Crippen LogP contribution >= 0.6 is 0 Å². The number of pyridine rings is 1. The lowest BCUT2D eigenvalue weighted by atomic mass is 10.0. The second kappa shape index (κ2) is 8.22. The van der Waals surface area contributed by atoms with Crippen LogP contribution in [0.3, 0.4) is 0 Å². The maximum atomic E-state index is 12.3. The van der Waals surface area contributed by atoms with Crippen molar-refractivity contribution in [2.24, 2.45) is 0 Å². The van der Waals surface area contributed by atoms with E-state index in [1.165, 1.54) is 16.0 Å². The average molecular weight is 383 g/mol. The molecule has 0 radical (unpaired) electrons. The normalized spacial score (nSPS) is 17.6. The molecule has 0 saturated carbocycles. The molecule has 3 rings (SSSR count). The Morgan fingerprint density at radius 3 is 2.71 bits per heavy atom. The Kier molecular flexibility index (Phi) is 5.93. The highest BCUT2D eigenvalue weighted by atomic mass is 16.2. The van der Waals surface area contributed by atoms with Gasteiger partial charge in [-0.25, -0.2) is 9.97 Å². The molecule has 1 saturated heterocycles. The lowest BCUT2D eigenvalue weighted by Gasteiger charge is -2.24. The highest BCUT2D eigenvalue weighted by Crippen LogP contribution is 2.26. The Morgan fingerprint density at radius 1 is 1.29 bits per heavy atom. The molecule has 2 aromatic heterocycles.